The lowest BCUT2D eigenvalue weighted by Gasteiger charge is -2.16. The molecule has 4 nitrogen and oxygen atoms in total. The lowest BCUT2D eigenvalue weighted by Crippen LogP contribution is -2.35. The van der Waals surface area contributed by atoms with Crippen LogP contribution in [0.5, 0.6) is 5.75 Å². The molecule has 110 valence electrons. The van der Waals surface area contributed by atoms with Crippen LogP contribution in [-0.4, -0.2) is 25.7 Å². The normalized spacial score (nSPS) is 13.8. The molecule has 1 amide bonds. The minimum Gasteiger partial charge on any atom is -0.488 e. The highest BCUT2D eigenvalue weighted by Gasteiger charge is 2.22. The van der Waals surface area contributed by atoms with Gasteiger partial charge >= 0.3 is 0 Å². The Balaban J connectivity index is 1.85. The SMILES string of the molecule is COC[C@@H](C)NC(=O)c1cc2c(s1)-c1ccccc1OC2. The third-order valence-electron chi connectivity index (χ3n) is 3.34. The third-order valence-corrected chi connectivity index (χ3v) is 4.55. The fraction of sp³-hybridized carbons (Fsp3) is 0.312. The first-order valence-corrected chi connectivity index (χ1v) is 7.65. The van der Waals surface area contributed by atoms with Gasteiger partial charge < -0.3 is 14.8 Å². The number of carbonyl (C=O) groups is 1. The molecule has 0 unspecified atom stereocenters. The number of ether oxygens (including phenoxy) is 2. The number of methoxy groups -OCH3 is 1. The van der Waals surface area contributed by atoms with Gasteiger partial charge in [0.2, 0.25) is 0 Å². The zero-order valence-electron chi connectivity index (χ0n) is 12.0. The Morgan fingerprint density at radius 2 is 2.29 bits per heavy atom. The Bertz CT molecular complexity index is 665. The molecule has 1 aliphatic heterocycles. The van der Waals surface area contributed by atoms with Crippen LogP contribution in [0, 0.1) is 0 Å². The van der Waals surface area contributed by atoms with Crippen molar-refractivity contribution >= 4 is 17.2 Å². The molecule has 1 N–H and O–H groups in total. The van der Waals surface area contributed by atoms with Gasteiger partial charge in [-0.05, 0) is 25.1 Å². The van der Waals surface area contributed by atoms with E-state index in [1.807, 2.05) is 37.3 Å². The van der Waals surface area contributed by atoms with Gasteiger partial charge in [0, 0.05) is 29.2 Å². The largest absolute Gasteiger partial charge is 0.488 e. The van der Waals surface area contributed by atoms with Crippen molar-refractivity contribution in [3.63, 3.8) is 0 Å². The molecule has 3 rings (SSSR count). The second-order valence-corrected chi connectivity index (χ2v) is 6.13. The third kappa shape index (κ3) is 2.80. The summed E-state index contributed by atoms with van der Waals surface area (Å²) in [5.41, 5.74) is 2.14. The minimum absolute atomic E-state index is 0.00911. The summed E-state index contributed by atoms with van der Waals surface area (Å²) in [7, 11) is 1.63. The number of para-hydroxylation sites is 1. The fourth-order valence-corrected chi connectivity index (χ4v) is 3.50. The molecule has 5 heteroatoms. The van der Waals surface area contributed by atoms with Crippen molar-refractivity contribution < 1.29 is 14.3 Å². The number of nitrogens with one attached hydrogen (secondary N) is 1. The number of hydrogen-bond donors (Lipinski definition) is 1. The Labute approximate surface area is 127 Å². The summed E-state index contributed by atoms with van der Waals surface area (Å²) in [6.07, 6.45) is 0. The van der Waals surface area contributed by atoms with E-state index in [9.17, 15) is 4.79 Å². The molecule has 1 aromatic heterocycles. The van der Waals surface area contributed by atoms with Crippen LogP contribution in [0.25, 0.3) is 10.4 Å². The van der Waals surface area contributed by atoms with E-state index in [0.717, 1.165) is 21.8 Å². The van der Waals surface area contributed by atoms with Crippen LogP contribution < -0.4 is 10.1 Å². The van der Waals surface area contributed by atoms with Gasteiger partial charge in [0.25, 0.3) is 5.91 Å². The Hall–Kier alpha value is -1.85. The van der Waals surface area contributed by atoms with Gasteiger partial charge in [-0.25, -0.2) is 0 Å². The maximum Gasteiger partial charge on any atom is 0.261 e. The lowest BCUT2D eigenvalue weighted by molar-refractivity contribution is 0.0909. The van der Waals surface area contributed by atoms with Crippen LogP contribution in [0.2, 0.25) is 0 Å². The summed E-state index contributed by atoms with van der Waals surface area (Å²) in [6, 6.07) is 9.84. The first-order chi connectivity index (χ1) is 10.2. The van der Waals surface area contributed by atoms with Gasteiger partial charge in [0.15, 0.2) is 0 Å². The molecule has 0 saturated heterocycles. The molecular formula is C16H17NO3S. The number of rotatable bonds is 4. The van der Waals surface area contributed by atoms with Crippen LogP contribution >= 0.6 is 11.3 Å². The molecule has 1 aliphatic rings. The predicted octanol–water partition coefficient (Wildman–Crippen LogP) is 3.07. The van der Waals surface area contributed by atoms with Crippen molar-refractivity contribution in [2.75, 3.05) is 13.7 Å². The highest BCUT2D eigenvalue weighted by Crippen LogP contribution is 2.42. The molecule has 0 radical (unpaired) electrons. The van der Waals surface area contributed by atoms with E-state index in [2.05, 4.69) is 5.32 Å². The molecule has 2 heterocycles. The average molecular weight is 303 g/mol. The molecule has 21 heavy (non-hydrogen) atoms. The molecule has 0 saturated carbocycles. The molecule has 0 bridgehead atoms. The molecule has 0 aliphatic carbocycles. The first-order valence-electron chi connectivity index (χ1n) is 6.83. The highest BCUT2D eigenvalue weighted by atomic mass is 32.1. The first kappa shape index (κ1) is 14.1. The van der Waals surface area contributed by atoms with Gasteiger partial charge in [-0.1, -0.05) is 12.1 Å². The molecule has 1 atom stereocenters. The Kier molecular flexibility index (Phi) is 3.94. The fourth-order valence-electron chi connectivity index (χ4n) is 2.40. The van der Waals surface area contributed by atoms with E-state index in [1.165, 1.54) is 11.3 Å². The van der Waals surface area contributed by atoms with E-state index in [1.54, 1.807) is 7.11 Å². The van der Waals surface area contributed by atoms with Crippen LogP contribution in [0.1, 0.15) is 22.2 Å². The summed E-state index contributed by atoms with van der Waals surface area (Å²) < 4.78 is 10.8. The smallest absolute Gasteiger partial charge is 0.261 e. The monoisotopic (exact) mass is 303 g/mol. The van der Waals surface area contributed by atoms with Gasteiger partial charge in [-0.15, -0.1) is 11.3 Å². The van der Waals surface area contributed by atoms with Crippen molar-refractivity contribution in [1.82, 2.24) is 5.32 Å². The second-order valence-electron chi connectivity index (χ2n) is 5.08. The summed E-state index contributed by atoms with van der Waals surface area (Å²) in [4.78, 5) is 14.1. The number of carbonyl (C=O) groups excluding carboxylic acids is 1. The number of thiophene rings is 1. The van der Waals surface area contributed by atoms with E-state index >= 15 is 0 Å². The van der Waals surface area contributed by atoms with Crippen molar-refractivity contribution in [2.24, 2.45) is 0 Å². The predicted molar refractivity (Wildman–Crippen MR) is 82.9 cm³/mol. The molecular weight excluding hydrogens is 286 g/mol. The van der Waals surface area contributed by atoms with Crippen molar-refractivity contribution in [2.45, 2.75) is 19.6 Å². The zero-order valence-corrected chi connectivity index (χ0v) is 12.8. The van der Waals surface area contributed by atoms with Crippen LogP contribution in [0.15, 0.2) is 30.3 Å². The molecule has 0 fully saturated rings. The van der Waals surface area contributed by atoms with E-state index < -0.39 is 0 Å². The Morgan fingerprint density at radius 3 is 3.10 bits per heavy atom. The van der Waals surface area contributed by atoms with Crippen LogP contribution in [-0.2, 0) is 11.3 Å². The van der Waals surface area contributed by atoms with Crippen molar-refractivity contribution in [1.29, 1.82) is 0 Å². The number of hydrogen-bond acceptors (Lipinski definition) is 4. The van der Waals surface area contributed by atoms with Gasteiger partial charge in [-0.2, -0.15) is 0 Å². The van der Waals surface area contributed by atoms with Gasteiger partial charge in [0.1, 0.15) is 12.4 Å². The number of benzene rings is 1. The lowest BCUT2D eigenvalue weighted by atomic mass is 10.1. The van der Waals surface area contributed by atoms with Crippen molar-refractivity contribution in [3.8, 4) is 16.2 Å². The van der Waals surface area contributed by atoms with Crippen LogP contribution in [0.3, 0.4) is 0 Å². The highest BCUT2D eigenvalue weighted by molar-refractivity contribution is 7.17. The minimum atomic E-state index is -0.0589. The standard InChI is InChI=1S/C16H17NO3S/c1-10(8-19-2)17-16(18)14-7-11-9-20-13-6-4-3-5-12(13)15(11)21-14/h3-7,10H,8-9H2,1-2H3,(H,17,18)/t10-/m1/s1. The summed E-state index contributed by atoms with van der Waals surface area (Å²) in [5, 5.41) is 2.94. The van der Waals surface area contributed by atoms with Gasteiger partial charge in [-0.3, -0.25) is 4.79 Å². The Morgan fingerprint density at radius 1 is 1.48 bits per heavy atom. The molecule has 2 aromatic rings. The van der Waals surface area contributed by atoms with E-state index in [0.29, 0.717) is 18.1 Å². The van der Waals surface area contributed by atoms with Crippen molar-refractivity contribution in [3.05, 3.63) is 40.8 Å². The maximum absolute atomic E-state index is 12.3. The van der Waals surface area contributed by atoms with Crippen LogP contribution in [0.4, 0.5) is 0 Å². The summed E-state index contributed by atoms with van der Waals surface area (Å²) >= 11 is 1.51. The van der Waals surface area contributed by atoms with Gasteiger partial charge in [0.05, 0.1) is 11.5 Å². The second kappa shape index (κ2) is 5.87. The zero-order chi connectivity index (χ0) is 14.8. The topological polar surface area (TPSA) is 47.6 Å². The number of amides is 1. The molecule has 0 spiro atoms. The maximum atomic E-state index is 12.3. The quantitative estimate of drug-likeness (QED) is 0.944. The van der Waals surface area contributed by atoms with E-state index in [4.69, 9.17) is 9.47 Å². The van der Waals surface area contributed by atoms with E-state index in [-0.39, 0.29) is 11.9 Å². The number of fused-ring (bicyclic) bond motifs is 3. The average Bonchev–Trinajstić information content (AvgIpc) is 2.92. The summed E-state index contributed by atoms with van der Waals surface area (Å²) in [5.74, 6) is 0.822. The summed E-state index contributed by atoms with van der Waals surface area (Å²) in [6.45, 7) is 2.94. The molecule has 1 aromatic carbocycles.